The van der Waals surface area contributed by atoms with Gasteiger partial charge in [0.1, 0.15) is 0 Å². The van der Waals surface area contributed by atoms with Crippen LogP contribution < -0.4 is 0 Å². The van der Waals surface area contributed by atoms with Crippen LogP contribution in [0.1, 0.15) is 5.56 Å². The summed E-state index contributed by atoms with van der Waals surface area (Å²) in [6, 6.07) is 6.99. The summed E-state index contributed by atoms with van der Waals surface area (Å²) in [5.74, 6) is -0.174. The van der Waals surface area contributed by atoms with Crippen molar-refractivity contribution in [3.8, 4) is 11.5 Å². The predicted octanol–water partition coefficient (Wildman–Crippen LogP) is 3.32. The van der Waals surface area contributed by atoms with E-state index in [2.05, 4.69) is 15.9 Å². The van der Waals surface area contributed by atoms with Gasteiger partial charge in [-0.25, -0.2) is 0 Å². The summed E-state index contributed by atoms with van der Waals surface area (Å²) in [5.41, 5.74) is 1.10. The highest BCUT2D eigenvalue weighted by atomic mass is 79.9. The summed E-state index contributed by atoms with van der Waals surface area (Å²) in [7, 11) is 0. The van der Waals surface area contributed by atoms with Crippen molar-refractivity contribution in [3.63, 3.8) is 0 Å². The molecule has 0 heterocycles. The molecule has 72 valence electrons. The molecule has 3 heteroatoms. The first-order valence-corrected chi connectivity index (χ1v) is 4.99. The van der Waals surface area contributed by atoms with Crippen molar-refractivity contribution in [2.75, 3.05) is 0 Å². The standard InChI is InChI=1S/C11H9BrO2/c1-6-2-7-4-10(13)11(14)5-8(7)3-9(6)12/h2-5,13-14H,1H3. The van der Waals surface area contributed by atoms with Gasteiger partial charge in [0.25, 0.3) is 0 Å². The number of aryl methyl sites for hydroxylation is 1. The van der Waals surface area contributed by atoms with E-state index in [1.807, 2.05) is 19.1 Å². The number of phenolic OH excluding ortho intramolecular Hbond substituents is 2. The van der Waals surface area contributed by atoms with E-state index < -0.39 is 0 Å². The van der Waals surface area contributed by atoms with E-state index in [1.165, 1.54) is 0 Å². The number of rotatable bonds is 0. The van der Waals surface area contributed by atoms with Crippen LogP contribution >= 0.6 is 15.9 Å². The second-order valence-electron chi connectivity index (χ2n) is 3.29. The zero-order valence-electron chi connectivity index (χ0n) is 7.58. The topological polar surface area (TPSA) is 40.5 Å². The number of hydrogen-bond donors (Lipinski definition) is 2. The van der Waals surface area contributed by atoms with E-state index >= 15 is 0 Å². The minimum Gasteiger partial charge on any atom is -0.504 e. The molecular formula is C11H9BrO2. The minimum absolute atomic E-state index is 0.0841. The lowest BCUT2D eigenvalue weighted by molar-refractivity contribution is 0.405. The van der Waals surface area contributed by atoms with Gasteiger partial charge in [-0.15, -0.1) is 0 Å². The second kappa shape index (κ2) is 3.17. The lowest BCUT2D eigenvalue weighted by atomic mass is 10.1. The van der Waals surface area contributed by atoms with Gasteiger partial charge in [0, 0.05) is 4.47 Å². The predicted molar refractivity (Wildman–Crippen MR) is 59.7 cm³/mol. The van der Waals surface area contributed by atoms with Crippen LogP contribution in [0.15, 0.2) is 28.7 Å². The molecule has 2 N–H and O–H groups in total. The van der Waals surface area contributed by atoms with E-state index in [0.717, 1.165) is 20.8 Å². The maximum Gasteiger partial charge on any atom is 0.158 e. The van der Waals surface area contributed by atoms with Crippen LogP contribution in [0.4, 0.5) is 0 Å². The molecule has 0 aliphatic rings. The van der Waals surface area contributed by atoms with Crippen molar-refractivity contribution in [3.05, 3.63) is 34.3 Å². The number of phenols is 2. The minimum atomic E-state index is -0.0896. The highest BCUT2D eigenvalue weighted by Crippen LogP contribution is 2.32. The largest absolute Gasteiger partial charge is 0.504 e. The van der Waals surface area contributed by atoms with E-state index in [1.54, 1.807) is 12.1 Å². The molecule has 0 bridgehead atoms. The average molecular weight is 253 g/mol. The molecule has 2 nitrogen and oxygen atoms in total. The summed E-state index contributed by atoms with van der Waals surface area (Å²) in [5, 5.41) is 20.4. The number of aromatic hydroxyl groups is 2. The Balaban J connectivity index is 2.83. The summed E-state index contributed by atoms with van der Waals surface area (Å²) < 4.78 is 0.995. The van der Waals surface area contributed by atoms with E-state index in [9.17, 15) is 10.2 Å². The highest BCUT2D eigenvalue weighted by Gasteiger charge is 2.04. The van der Waals surface area contributed by atoms with Gasteiger partial charge in [0.2, 0.25) is 0 Å². The van der Waals surface area contributed by atoms with Crippen LogP contribution in [0.2, 0.25) is 0 Å². The second-order valence-corrected chi connectivity index (χ2v) is 4.14. The molecule has 0 atom stereocenters. The molecule has 0 aliphatic heterocycles. The van der Waals surface area contributed by atoms with Gasteiger partial charge < -0.3 is 10.2 Å². The number of fused-ring (bicyclic) bond motifs is 1. The van der Waals surface area contributed by atoms with Gasteiger partial charge in [-0.2, -0.15) is 0 Å². The van der Waals surface area contributed by atoms with E-state index in [-0.39, 0.29) is 11.5 Å². The van der Waals surface area contributed by atoms with Gasteiger partial charge in [-0.1, -0.05) is 22.0 Å². The van der Waals surface area contributed by atoms with Crippen molar-refractivity contribution in [1.29, 1.82) is 0 Å². The Hall–Kier alpha value is -1.22. The van der Waals surface area contributed by atoms with Gasteiger partial charge >= 0.3 is 0 Å². The fraction of sp³-hybridized carbons (Fsp3) is 0.0909. The van der Waals surface area contributed by atoms with Gasteiger partial charge in [-0.3, -0.25) is 0 Å². The van der Waals surface area contributed by atoms with Gasteiger partial charge in [0.05, 0.1) is 0 Å². The van der Waals surface area contributed by atoms with Crippen molar-refractivity contribution < 1.29 is 10.2 Å². The molecule has 0 saturated heterocycles. The molecule has 2 aromatic carbocycles. The Labute approximate surface area is 89.9 Å². The lowest BCUT2D eigenvalue weighted by Gasteiger charge is -2.04. The molecule has 0 spiro atoms. The van der Waals surface area contributed by atoms with Crippen molar-refractivity contribution in [2.24, 2.45) is 0 Å². The molecule has 0 aliphatic carbocycles. The van der Waals surface area contributed by atoms with Gasteiger partial charge in [-0.05, 0) is 41.5 Å². The van der Waals surface area contributed by atoms with Crippen LogP contribution in [0, 0.1) is 6.92 Å². The zero-order valence-corrected chi connectivity index (χ0v) is 9.17. The lowest BCUT2D eigenvalue weighted by Crippen LogP contribution is -1.79. The summed E-state index contributed by atoms with van der Waals surface area (Å²) in [4.78, 5) is 0. The number of benzene rings is 2. The molecule has 0 aromatic heterocycles. The normalized spacial score (nSPS) is 10.7. The number of hydrogen-bond acceptors (Lipinski definition) is 2. The molecule has 0 fully saturated rings. The van der Waals surface area contributed by atoms with Crippen LogP contribution in [-0.2, 0) is 0 Å². The van der Waals surface area contributed by atoms with E-state index in [0.29, 0.717) is 0 Å². The van der Waals surface area contributed by atoms with Crippen LogP contribution in [0.25, 0.3) is 10.8 Å². The Morgan fingerprint density at radius 1 is 0.929 bits per heavy atom. The van der Waals surface area contributed by atoms with Crippen molar-refractivity contribution >= 4 is 26.7 Å². The summed E-state index contributed by atoms with van der Waals surface area (Å²) in [6.45, 7) is 1.98. The Morgan fingerprint density at radius 2 is 1.43 bits per heavy atom. The molecule has 14 heavy (non-hydrogen) atoms. The SMILES string of the molecule is Cc1cc2cc(O)c(O)cc2cc1Br. The summed E-state index contributed by atoms with van der Waals surface area (Å²) >= 11 is 3.42. The van der Waals surface area contributed by atoms with Crippen LogP contribution in [0.3, 0.4) is 0 Å². The molecule has 0 saturated carbocycles. The fourth-order valence-corrected chi connectivity index (χ4v) is 1.77. The first kappa shape index (κ1) is 9.34. The highest BCUT2D eigenvalue weighted by molar-refractivity contribution is 9.10. The van der Waals surface area contributed by atoms with Crippen LogP contribution in [0.5, 0.6) is 11.5 Å². The zero-order chi connectivity index (χ0) is 10.3. The van der Waals surface area contributed by atoms with E-state index in [4.69, 9.17) is 0 Å². The maximum atomic E-state index is 9.32. The molecule has 0 amide bonds. The van der Waals surface area contributed by atoms with Crippen molar-refractivity contribution in [2.45, 2.75) is 6.92 Å². The van der Waals surface area contributed by atoms with Crippen molar-refractivity contribution in [1.82, 2.24) is 0 Å². The number of halogens is 1. The maximum absolute atomic E-state index is 9.32. The third-order valence-corrected chi connectivity index (χ3v) is 3.07. The van der Waals surface area contributed by atoms with Crippen LogP contribution in [-0.4, -0.2) is 10.2 Å². The third kappa shape index (κ3) is 1.44. The molecule has 0 unspecified atom stereocenters. The first-order chi connectivity index (χ1) is 6.58. The molecule has 2 aromatic rings. The van der Waals surface area contributed by atoms with Gasteiger partial charge in [0.15, 0.2) is 11.5 Å². The monoisotopic (exact) mass is 252 g/mol. The molecule has 2 rings (SSSR count). The Morgan fingerprint density at radius 3 is 2.00 bits per heavy atom. The molecule has 0 radical (unpaired) electrons. The Kier molecular flexibility index (Phi) is 2.11. The summed E-state index contributed by atoms with van der Waals surface area (Å²) in [6.07, 6.45) is 0. The smallest absolute Gasteiger partial charge is 0.158 e. The Bertz CT molecular complexity index is 417. The average Bonchev–Trinajstić information content (AvgIpc) is 2.11. The first-order valence-electron chi connectivity index (χ1n) is 4.20. The quantitative estimate of drug-likeness (QED) is 0.707. The molecular weight excluding hydrogens is 244 g/mol. The third-order valence-electron chi connectivity index (χ3n) is 2.21. The fourth-order valence-electron chi connectivity index (χ4n) is 1.41.